The van der Waals surface area contributed by atoms with E-state index in [1.807, 2.05) is 19.9 Å². The van der Waals surface area contributed by atoms with Gasteiger partial charge in [0.25, 0.3) is 5.56 Å². The predicted octanol–water partition coefficient (Wildman–Crippen LogP) is 3.86. The van der Waals surface area contributed by atoms with Crippen LogP contribution in [0.2, 0.25) is 0 Å². The molecule has 0 aliphatic carbocycles. The van der Waals surface area contributed by atoms with Gasteiger partial charge in [-0.15, -0.1) is 0 Å². The van der Waals surface area contributed by atoms with Gasteiger partial charge in [-0.05, 0) is 37.5 Å². The van der Waals surface area contributed by atoms with Crippen LogP contribution in [0.15, 0.2) is 35.4 Å². The van der Waals surface area contributed by atoms with Crippen LogP contribution in [0.3, 0.4) is 0 Å². The summed E-state index contributed by atoms with van der Waals surface area (Å²) in [6, 6.07) is 5.26. The molecule has 0 bridgehead atoms. The van der Waals surface area contributed by atoms with Crippen molar-refractivity contribution in [3.8, 4) is 11.1 Å². The van der Waals surface area contributed by atoms with Gasteiger partial charge in [0.15, 0.2) is 6.30 Å². The van der Waals surface area contributed by atoms with E-state index in [2.05, 4.69) is 15.3 Å². The third-order valence-corrected chi connectivity index (χ3v) is 4.92. The molecule has 3 heterocycles. The molecule has 0 saturated carbocycles. The Morgan fingerprint density at radius 1 is 1.14 bits per heavy atom. The van der Waals surface area contributed by atoms with Crippen LogP contribution in [0.25, 0.3) is 22.0 Å². The highest BCUT2D eigenvalue weighted by Crippen LogP contribution is 2.26. The molecule has 0 radical (unpaired) electrons. The Morgan fingerprint density at radius 2 is 1.89 bits per heavy atom. The Kier molecular flexibility index (Phi) is 5.74. The number of aryl methyl sites for hydroxylation is 2. The molecule has 7 heteroatoms. The van der Waals surface area contributed by atoms with Crippen molar-refractivity contribution in [2.24, 2.45) is 7.05 Å². The Balaban J connectivity index is 2.10. The first-order valence-corrected chi connectivity index (χ1v) is 9.41. The third kappa shape index (κ3) is 3.75. The molecule has 2 unspecified atom stereocenters. The summed E-state index contributed by atoms with van der Waals surface area (Å²) in [6.07, 6.45) is 2.35. The van der Waals surface area contributed by atoms with Crippen LogP contribution >= 0.6 is 0 Å². The highest BCUT2D eigenvalue weighted by atomic mass is 19.1. The number of anilines is 1. The standard InChI is InChI=1S/C21H25FN4O2/c1-5-18(27)16-7-12(3)15(11-23-16)14-8-13-10-24-20(25-19(22)6-2)9-17(13)26(4)21(14)28/h7-11,18-19,27H,5-6H2,1-4H3,(H,24,25). The number of hydrogen-bond acceptors (Lipinski definition) is 5. The van der Waals surface area contributed by atoms with Gasteiger partial charge in [0.1, 0.15) is 5.82 Å². The van der Waals surface area contributed by atoms with E-state index in [1.54, 1.807) is 38.5 Å². The fourth-order valence-electron chi connectivity index (χ4n) is 3.15. The molecule has 0 saturated heterocycles. The second-order valence-corrected chi connectivity index (χ2v) is 6.92. The van der Waals surface area contributed by atoms with Crippen molar-refractivity contribution in [1.29, 1.82) is 0 Å². The summed E-state index contributed by atoms with van der Waals surface area (Å²) in [6.45, 7) is 5.52. The zero-order chi connectivity index (χ0) is 20.4. The average molecular weight is 384 g/mol. The number of hydrogen-bond donors (Lipinski definition) is 2. The minimum Gasteiger partial charge on any atom is -0.387 e. The van der Waals surface area contributed by atoms with E-state index in [0.717, 1.165) is 10.9 Å². The van der Waals surface area contributed by atoms with E-state index >= 15 is 0 Å². The number of halogens is 1. The van der Waals surface area contributed by atoms with Gasteiger partial charge in [-0.25, -0.2) is 9.37 Å². The van der Waals surface area contributed by atoms with Crippen LogP contribution in [-0.4, -0.2) is 25.9 Å². The molecule has 3 aromatic heterocycles. The minimum absolute atomic E-state index is 0.175. The van der Waals surface area contributed by atoms with Gasteiger partial charge in [0.2, 0.25) is 0 Å². The van der Waals surface area contributed by atoms with Crippen LogP contribution in [0.1, 0.15) is 44.1 Å². The van der Waals surface area contributed by atoms with Gasteiger partial charge in [-0.2, -0.15) is 0 Å². The Morgan fingerprint density at radius 3 is 2.54 bits per heavy atom. The number of aromatic nitrogens is 3. The molecule has 148 valence electrons. The van der Waals surface area contributed by atoms with Crippen molar-refractivity contribution >= 4 is 16.7 Å². The van der Waals surface area contributed by atoms with Crippen LogP contribution in [0.5, 0.6) is 0 Å². The first-order valence-electron chi connectivity index (χ1n) is 9.41. The van der Waals surface area contributed by atoms with E-state index in [-0.39, 0.29) is 5.56 Å². The molecule has 0 aliphatic rings. The molecule has 3 aromatic rings. The summed E-state index contributed by atoms with van der Waals surface area (Å²) in [5, 5.41) is 13.4. The molecule has 0 aromatic carbocycles. The van der Waals surface area contributed by atoms with E-state index in [9.17, 15) is 14.3 Å². The van der Waals surface area contributed by atoms with Crippen molar-refractivity contribution in [2.75, 3.05) is 5.32 Å². The number of nitrogens with one attached hydrogen (secondary N) is 1. The molecule has 3 rings (SSSR count). The average Bonchev–Trinajstić information content (AvgIpc) is 2.70. The maximum atomic E-state index is 13.6. The number of fused-ring (bicyclic) bond motifs is 1. The van der Waals surface area contributed by atoms with Gasteiger partial charge in [-0.3, -0.25) is 9.78 Å². The normalized spacial score (nSPS) is 13.5. The van der Waals surface area contributed by atoms with E-state index in [0.29, 0.717) is 41.0 Å². The van der Waals surface area contributed by atoms with Crippen molar-refractivity contribution in [1.82, 2.24) is 14.5 Å². The van der Waals surface area contributed by atoms with E-state index in [4.69, 9.17) is 0 Å². The maximum absolute atomic E-state index is 13.6. The van der Waals surface area contributed by atoms with Crippen LogP contribution in [0.4, 0.5) is 10.2 Å². The van der Waals surface area contributed by atoms with Gasteiger partial charge >= 0.3 is 0 Å². The number of aliphatic hydroxyl groups is 1. The first kappa shape index (κ1) is 19.9. The quantitative estimate of drug-likeness (QED) is 0.631. The zero-order valence-corrected chi connectivity index (χ0v) is 16.5. The highest BCUT2D eigenvalue weighted by molar-refractivity contribution is 5.85. The number of alkyl halides is 1. The van der Waals surface area contributed by atoms with Crippen molar-refractivity contribution in [3.63, 3.8) is 0 Å². The van der Waals surface area contributed by atoms with Crippen molar-refractivity contribution < 1.29 is 9.50 Å². The summed E-state index contributed by atoms with van der Waals surface area (Å²) >= 11 is 0. The lowest BCUT2D eigenvalue weighted by molar-refractivity contribution is 0.169. The monoisotopic (exact) mass is 384 g/mol. The SMILES string of the molecule is CCC(F)Nc1cc2c(cn1)cc(-c1cnc(C(O)CC)cc1C)c(=O)n2C. The lowest BCUT2D eigenvalue weighted by Gasteiger charge is -2.14. The van der Waals surface area contributed by atoms with Crippen molar-refractivity contribution in [3.05, 3.63) is 52.2 Å². The van der Waals surface area contributed by atoms with Gasteiger partial charge in [-0.1, -0.05) is 13.8 Å². The van der Waals surface area contributed by atoms with Crippen molar-refractivity contribution in [2.45, 2.75) is 46.0 Å². The summed E-state index contributed by atoms with van der Waals surface area (Å²) in [5.41, 5.74) is 3.17. The first-order chi connectivity index (χ1) is 13.3. The summed E-state index contributed by atoms with van der Waals surface area (Å²) in [5.74, 6) is 0.389. The molecule has 6 nitrogen and oxygen atoms in total. The highest BCUT2D eigenvalue weighted by Gasteiger charge is 2.15. The summed E-state index contributed by atoms with van der Waals surface area (Å²) in [4.78, 5) is 21.6. The predicted molar refractivity (Wildman–Crippen MR) is 109 cm³/mol. The zero-order valence-electron chi connectivity index (χ0n) is 16.5. The van der Waals surface area contributed by atoms with Crippen LogP contribution < -0.4 is 10.9 Å². The second kappa shape index (κ2) is 8.06. The van der Waals surface area contributed by atoms with E-state index in [1.165, 1.54) is 4.57 Å². The number of pyridine rings is 3. The number of aliphatic hydroxyl groups excluding tert-OH is 1. The lowest BCUT2D eigenvalue weighted by Crippen LogP contribution is -2.20. The maximum Gasteiger partial charge on any atom is 0.258 e. The molecule has 28 heavy (non-hydrogen) atoms. The largest absolute Gasteiger partial charge is 0.387 e. The molecule has 2 atom stereocenters. The number of nitrogens with zero attached hydrogens (tertiary/aromatic N) is 3. The number of rotatable bonds is 6. The van der Waals surface area contributed by atoms with Gasteiger partial charge < -0.3 is 15.0 Å². The Labute approximate surface area is 163 Å². The lowest BCUT2D eigenvalue weighted by atomic mass is 10.0. The molecular formula is C21H25FN4O2. The third-order valence-electron chi connectivity index (χ3n) is 4.92. The summed E-state index contributed by atoms with van der Waals surface area (Å²) < 4.78 is 15.1. The topological polar surface area (TPSA) is 80.0 Å². The molecule has 0 fully saturated rings. The molecule has 2 N–H and O–H groups in total. The van der Waals surface area contributed by atoms with Crippen LogP contribution in [0, 0.1) is 6.92 Å². The fraction of sp³-hybridized carbons (Fsp3) is 0.381. The molecular weight excluding hydrogens is 359 g/mol. The molecule has 0 aliphatic heterocycles. The van der Waals surface area contributed by atoms with Gasteiger partial charge in [0, 0.05) is 42.0 Å². The minimum atomic E-state index is -1.19. The Bertz CT molecular complexity index is 1060. The van der Waals surface area contributed by atoms with Crippen LogP contribution in [-0.2, 0) is 7.05 Å². The summed E-state index contributed by atoms with van der Waals surface area (Å²) in [7, 11) is 1.68. The van der Waals surface area contributed by atoms with E-state index < -0.39 is 12.4 Å². The smallest absolute Gasteiger partial charge is 0.258 e. The fourth-order valence-corrected chi connectivity index (χ4v) is 3.15. The second-order valence-electron chi connectivity index (χ2n) is 6.92. The molecule has 0 amide bonds. The molecule has 0 spiro atoms. The Hall–Kier alpha value is -2.80. The van der Waals surface area contributed by atoms with Gasteiger partial charge in [0.05, 0.1) is 17.3 Å².